The third kappa shape index (κ3) is 4.14. The van der Waals surface area contributed by atoms with Gasteiger partial charge in [-0.1, -0.05) is 31.5 Å². The predicted molar refractivity (Wildman–Crippen MR) is 94.3 cm³/mol. The van der Waals surface area contributed by atoms with Crippen LogP contribution >= 0.6 is 11.6 Å². The van der Waals surface area contributed by atoms with Gasteiger partial charge in [-0.25, -0.2) is 4.68 Å². The molecule has 124 valence electrons. The maximum absolute atomic E-state index is 12.1. The van der Waals surface area contributed by atoms with E-state index < -0.39 is 0 Å². The maximum Gasteiger partial charge on any atom is 0.224 e. The number of carbonyl (C=O) groups excluding carboxylic acids is 1. The van der Waals surface area contributed by atoms with Crippen LogP contribution in [0.3, 0.4) is 0 Å². The van der Waals surface area contributed by atoms with Crippen LogP contribution in [0, 0.1) is 26.7 Å². The van der Waals surface area contributed by atoms with Gasteiger partial charge in [-0.15, -0.1) is 0 Å². The fraction of sp³-hybridized carbons (Fsp3) is 0.444. The van der Waals surface area contributed by atoms with Crippen LogP contribution in [0.2, 0.25) is 5.02 Å². The number of carbonyl (C=O) groups is 1. The van der Waals surface area contributed by atoms with Gasteiger partial charge in [0.05, 0.1) is 17.8 Å². The largest absolute Gasteiger partial charge is 0.356 e. The minimum absolute atomic E-state index is 0.0337. The molecule has 0 fully saturated rings. The molecule has 1 aromatic heterocycles. The van der Waals surface area contributed by atoms with Gasteiger partial charge in [-0.05, 0) is 44.4 Å². The first-order chi connectivity index (χ1) is 10.8. The topological polar surface area (TPSA) is 46.9 Å². The van der Waals surface area contributed by atoms with Gasteiger partial charge < -0.3 is 5.32 Å². The van der Waals surface area contributed by atoms with Crippen LogP contribution < -0.4 is 5.32 Å². The average Bonchev–Trinajstić information content (AvgIpc) is 2.76. The van der Waals surface area contributed by atoms with E-state index in [0.717, 1.165) is 28.2 Å². The van der Waals surface area contributed by atoms with Crippen molar-refractivity contribution in [1.82, 2.24) is 15.1 Å². The van der Waals surface area contributed by atoms with E-state index >= 15 is 0 Å². The molecule has 1 amide bonds. The fourth-order valence-corrected chi connectivity index (χ4v) is 2.61. The number of aromatic nitrogens is 2. The molecule has 2 rings (SSSR count). The zero-order valence-corrected chi connectivity index (χ0v) is 15.2. The van der Waals surface area contributed by atoms with E-state index in [0.29, 0.717) is 23.9 Å². The van der Waals surface area contributed by atoms with E-state index in [1.807, 2.05) is 43.7 Å². The quantitative estimate of drug-likeness (QED) is 0.905. The summed E-state index contributed by atoms with van der Waals surface area (Å²) in [4.78, 5) is 12.1. The van der Waals surface area contributed by atoms with Gasteiger partial charge in [0.15, 0.2) is 0 Å². The molecule has 0 unspecified atom stereocenters. The van der Waals surface area contributed by atoms with E-state index in [9.17, 15) is 4.79 Å². The van der Waals surface area contributed by atoms with E-state index in [2.05, 4.69) is 24.3 Å². The lowest BCUT2D eigenvalue weighted by Gasteiger charge is -2.09. The molecule has 0 aliphatic rings. The summed E-state index contributed by atoms with van der Waals surface area (Å²) in [5.74, 6) is 0.477. The number of benzene rings is 1. The van der Waals surface area contributed by atoms with Gasteiger partial charge in [-0.2, -0.15) is 5.10 Å². The van der Waals surface area contributed by atoms with Gasteiger partial charge in [0.25, 0.3) is 0 Å². The standard InChI is InChI=1S/C18H24ClN3O/c1-11(2)10-20-18(23)9-16-13(4)21-22(14(16)5)15-7-6-12(3)17(19)8-15/h6-8,11H,9-10H2,1-5H3,(H,20,23). The molecule has 0 bridgehead atoms. The second-order valence-electron chi connectivity index (χ2n) is 6.37. The number of hydrogen-bond acceptors (Lipinski definition) is 2. The molecule has 0 atom stereocenters. The van der Waals surface area contributed by atoms with E-state index in [1.54, 1.807) is 0 Å². The highest BCUT2D eigenvalue weighted by molar-refractivity contribution is 6.31. The van der Waals surface area contributed by atoms with E-state index in [-0.39, 0.29) is 5.91 Å². The molecule has 5 heteroatoms. The summed E-state index contributed by atoms with van der Waals surface area (Å²) in [6.07, 6.45) is 0.351. The molecule has 0 radical (unpaired) electrons. The molecule has 1 aromatic carbocycles. The van der Waals surface area contributed by atoms with Gasteiger partial charge in [0, 0.05) is 22.8 Å². The highest BCUT2D eigenvalue weighted by Crippen LogP contribution is 2.23. The minimum atomic E-state index is 0.0337. The minimum Gasteiger partial charge on any atom is -0.356 e. The van der Waals surface area contributed by atoms with E-state index in [4.69, 9.17) is 11.6 Å². The Hall–Kier alpha value is -1.81. The Morgan fingerprint density at radius 1 is 1.30 bits per heavy atom. The third-order valence-electron chi connectivity index (χ3n) is 3.89. The second kappa shape index (κ2) is 7.18. The Morgan fingerprint density at radius 3 is 2.61 bits per heavy atom. The summed E-state index contributed by atoms with van der Waals surface area (Å²) < 4.78 is 1.85. The molecule has 0 saturated heterocycles. The molecule has 0 spiro atoms. The lowest BCUT2D eigenvalue weighted by molar-refractivity contribution is -0.120. The lowest BCUT2D eigenvalue weighted by Crippen LogP contribution is -2.29. The fourth-order valence-electron chi connectivity index (χ4n) is 2.44. The molecular formula is C18H24ClN3O. The van der Waals surface area contributed by atoms with Gasteiger partial charge in [0.1, 0.15) is 0 Å². The number of amides is 1. The second-order valence-corrected chi connectivity index (χ2v) is 6.78. The highest BCUT2D eigenvalue weighted by atomic mass is 35.5. The van der Waals surface area contributed by atoms with Crippen LogP contribution in [-0.4, -0.2) is 22.2 Å². The predicted octanol–water partition coefficient (Wildman–Crippen LogP) is 3.77. The number of aryl methyl sites for hydroxylation is 2. The third-order valence-corrected chi connectivity index (χ3v) is 4.29. The summed E-state index contributed by atoms with van der Waals surface area (Å²) in [5, 5.41) is 8.25. The zero-order chi connectivity index (χ0) is 17.1. The molecule has 0 aliphatic carbocycles. The normalized spacial score (nSPS) is 11.1. The van der Waals surface area contributed by atoms with E-state index in [1.165, 1.54) is 0 Å². The first-order valence-corrected chi connectivity index (χ1v) is 8.25. The lowest BCUT2D eigenvalue weighted by atomic mass is 10.1. The smallest absolute Gasteiger partial charge is 0.224 e. The number of nitrogens with zero attached hydrogens (tertiary/aromatic N) is 2. The molecule has 0 aliphatic heterocycles. The Morgan fingerprint density at radius 2 is 2.00 bits per heavy atom. The number of halogens is 1. The van der Waals surface area contributed by atoms with Crippen molar-refractivity contribution in [3.05, 3.63) is 45.7 Å². The monoisotopic (exact) mass is 333 g/mol. The summed E-state index contributed by atoms with van der Waals surface area (Å²) in [6, 6.07) is 5.87. The van der Waals surface area contributed by atoms with Crippen molar-refractivity contribution in [3.8, 4) is 5.69 Å². The molecule has 1 heterocycles. The molecule has 4 nitrogen and oxygen atoms in total. The van der Waals surface area contributed by atoms with Crippen molar-refractivity contribution in [2.24, 2.45) is 5.92 Å². The van der Waals surface area contributed by atoms with Crippen molar-refractivity contribution in [2.75, 3.05) is 6.54 Å². The van der Waals surface area contributed by atoms with Crippen LogP contribution in [-0.2, 0) is 11.2 Å². The van der Waals surface area contributed by atoms with Crippen LogP contribution in [0.25, 0.3) is 5.69 Å². The van der Waals surface area contributed by atoms with Gasteiger partial charge in [-0.3, -0.25) is 4.79 Å². The zero-order valence-electron chi connectivity index (χ0n) is 14.4. The Bertz CT molecular complexity index is 719. The summed E-state index contributed by atoms with van der Waals surface area (Å²) in [5.41, 5.74) is 4.77. The highest BCUT2D eigenvalue weighted by Gasteiger charge is 2.16. The average molecular weight is 334 g/mol. The molecular weight excluding hydrogens is 310 g/mol. The summed E-state index contributed by atoms with van der Waals surface area (Å²) >= 11 is 6.21. The van der Waals surface area contributed by atoms with Crippen molar-refractivity contribution < 1.29 is 4.79 Å². The van der Waals surface area contributed by atoms with Gasteiger partial charge in [0.2, 0.25) is 5.91 Å². The maximum atomic E-state index is 12.1. The summed E-state index contributed by atoms with van der Waals surface area (Å²) in [7, 11) is 0. The number of rotatable bonds is 5. The molecule has 2 aromatic rings. The molecule has 0 saturated carbocycles. The van der Waals surface area contributed by atoms with Crippen molar-refractivity contribution in [3.63, 3.8) is 0 Å². The Balaban J connectivity index is 2.25. The van der Waals surface area contributed by atoms with Crippen molar-refractivity contribution in [2.45, 2.75) is 41.0 Å². The SMILES string of the molecule is Cc1ccc(-n2nc(C)c(CC(=O)NCC(C)C)c2C)cc1Cl. The Kier molecular flexibility index (Phi) is 5.47. The summed E-state index contributed by atoms with van der Waals surface area (Å²) in [6.45, 7) is 10.7. The molecule has 23 heavy (non-hydrogen) atoms. The number of nitrogens with one attached hydrogen (secondary N) is 1. The van der Waals surface area contributed by atoms with Crippen molar-refractivity contribution in [1.29, 1.82) is 0 Å². The van der Waals surface area contributed by atoms with Crippen LogP contribution in [0.4, 0.5) is 0 Å². The van der Waals surface area contributed by atoms with Gasteiger partial charge >= 0.3 is 0 Å². The number of hydrogen-bond donors (Lipinski definition) is 1. The van der Waals surface area contributed by atoms with Crippen LogP contribution in [0.1, 0.15) is 36.4 Å². The molecule has 1 N–H and O–H groups in total. The van der Waals surface area contributed by atoms with Crippen LogP contribution in [0.5, 0.6) is 0 Å². The van der Waals surface area contributed by atoms with Crippen molar-refractivity contribution >= 4 is 17.5 Å². The first-order valence-electron chi connectivity index (χ1n) is 7.88. The Labute approximate surface area is 142 Å². The first kappa shape index (κ1) is 17.5. The van der Waals surface area contributed by atoms with Crippen LogP contribution in [0.15, 0.2) is 18.2 Å².